The third-order valence-electron chi connectivity index (χ3n) is 2.52. The first kappa shape index (κ1) is 10.0. The molecule has 0 atom stereocenters. The van der Waals surface area contributed by atoms with Crippen molar-refractivity contribution in [3.63, 3.8) is 0 Å². The van der Waals surface area contributed by atoms with Gasteiger partial charge in [0.1, 0.15) is 5.69 Å². The van der Waals surface area contributed by atoms with Crippen LogP contribution in [0, 0.1) is 0 Å². The Kier molecular flexibility index (Phi) is 2.38. The normalized spacial score (nSPS) is 11.5. The van der Waals surface area contributed by atoms with Gasteiger partial charge in [0, 0.05) is 6.20 Å². The molecule has 0 aromatic carbocycles. The van der Waals surface area contributed by atoms with Crippen molar-refractivity contribution in [1.29, 1.82) is 0 Å². The average molecular weight is 242 g/mol. The summed E-state index contributed by atoms with van der Waals surface area (Å²) in [6.45, 7) is 0. The summed E-state index contributed by atoms with van der Waals surface area (Å²) in [4.78, 5) is 5.69. The highest BCUT2D eigenvalue weighted by molar-refractivity contribution is 7.13. The van der Waals surface area contributed by atoms with E-state index in [0.717, 1.165) is 21.9 Å². The zero-order valence-electron chi connectivity index (χ0n) is 8.95. The summed E-state index contributed by atoms with van der Waals surface area (Å²) >= 11 is 1.66. The standard InChI is InChI=1S/C12H10N4S/c13-14-8-9-10-4-1-2-6-16(10)12(15-9)11-5-3-7-17-11/h1-8H,13H2/b14-8+. The predicted octanol–water partition coefficient (Wildman–Crippen LogP) is 2.36. The Labute approximate surface area is 102 Å². The fourth-order valence-electron chi connectivity index (χ4n) is 1.81. The number of hydrogen-bond donors (Lipinski definition) is 1. The van der Waals surface area contributed by atoms with Crippen LogP contribution in [0.1, 0.15) is 5.69 Å². The largest absolute Gasteiger partial charge is 0.323 e. The molecule has 0 fully saturated rings. The van der Waals surface area contributed by atoms with Crippen molar-refractivity contribution >= 4 is 23.1 Å². The molecule has 17 heavy (non-hydrogen) atoms. The van der Waals surface area contributed by atoms with Crippen LogP contribution >= 0.6 is 11.3 Å². The van der Waals surface area contributed by atoms with E-state index in [9.17, 15) is 0 Å². The molecule has 84 valence electrons. The molecule has 3 aromatic heterocycles. The number of pyridine rings is 1. The van der Waals surface area contributed by atoms with Crippen molar-refractivity contribution in [3.8, 4) is 10.7 Å². The van der Waals surface area contributed by atoms with Crippen molar-refractivity contribution < 1.29 is 0 Å². The molecule has 0 radical (unpaired) electrons. The quantitative estimate of drug-likeness (QED) is 0.426. The second-order valence-corrected chi connectivity index (χ2v) is 4.48. The minimum atomic E-state index is 0.788. The number of nitrogens with zero attached hydrogens (tertiary/aromatic N) is 3. The Morgan fingerprint density at radius 3 is 3.00 bits per heavy atom. The van der Waals surface area contributed by atoms with Crippen LogP contribution in [0.3, 0.4) is 0 Å². The van der Waals surface area contributed by atoms with Crippen molar-refractivity contribution in [1.82, 2.24) is 9.38 Å². The molecule has 0 unspecified atom stereocenters. The molecule has 3 heterocycles. The first-order valence-corrected chi connectivity index (χ1v) is 6.02. The Bertz CT molecular complexity index is 667. The Balaban J connectivity index is 2.32. The lowest BCUT2D eigenvalue weighted by Crippen LogP contribution is -1.87. The van der Waals surface area contributed by atoms with Gasteiger partial charge >= 0.3 is 0 Å². The summed E-state index contributed by atoms with van der Waals surface area (Å²) in [7, 11) is 0. The van der Waals surface area contributed by atoms with Crippen molar-refractivity contribution in [2.24, 2.45) is 10.9 Å². The summed E-state index contributed by atoms with van der Waals surface area (Å²) in [6.07, 6.45) is 3.57. The summed E-state index contributed by atoms with van der Waals surface area (Å²) in [5, 5.41) is 5.59. The fourth-order valence-corrected chi connectivity index (χ4v) is 2.52. The van der Waals surface area contributed by atoms with Gasteiger partial charge < -0.3 is 5.84 Å². The average Bonchev–Trinajstić information content (AvgIpc) is 2.97. The van der Waals surface area contributed by atoms with E-state index in [0.29, 0.717) is 0 Å². The number of nitrogens with two attached hydrogens (primary N) is 1. The van der Waals surface area contributed by atoms with Gasteiger partial charge in [-0.25, -0.2) is 4.98 Å². The number of aromatic nitrogens is 2. The van der Waals surface area contributed by atoms with Crippen LogP contribution in [0.2, 0.25) is 0 Å². The minimum Gasteiger partial charge on any atom is -0.323 e. The molecule has 0 amide bonds. The Hall–Kier alpha value is -2.14. The van der Waals surface area contributed by atoms with Crippen LogP contribution in [0.25, 0.3) is 16.2 Å². The Morgan fingerprint density at radius 1 is 1.29 bits per heavy atom. The van der Waals surface area contributed by atoms with E-state index in [1.807, 2.05) is 40.2 Å². The Morgan fingerprint density at radius 2 is 2.24 bits per heavy atom. The first-order chi connectivity index (χ1) is 8.40. The van der Waals surface area contributed by atoms with Crippen molar-refractivity contribution in [2.45, 2.75) is 0 Å². The number of fused-ring (bicyclic) bond motifs is 1. The van der Waals surface area contributed by atoms with E-state index in [4.69, 9.17) is 5.84 Å². The van der Waals surface area contributed by atoms with Gasteiger partial charge in [0.15, 0.2) is 5.82 Å². The van der Waals surface area contributed by atoms with Crippen LogP contribution in [0.5, 0.6) is 0 Å². The zero-order valence-corrected chi connectivity index (χ0v) is 9.76. The molecule has 0 bridgehead atoms. The van der Waals surface area contributed by atoms with E-state index >= 15 is 0 Å². The van der Waals surface area contributed by atoms with Gasteiger partial charge in [0.25, 0.3) is 0 Å². The van der Waals surface area contributed by atoms with Gasteiger partial charge in [0.2, 0.25) is 0 Å². The topological polar surface area (TPSA) is 55.7 Å². The molecule has 3 aromatic rings. The van der Waals surface area contributed by atoms with Gasteiger partial charge in [0.05, 0.1) is 16.6 Å². The lowest BCUT2D eigenvalue weighted by molar-refractivity contribution is 1.17. The molecule has 0 spiro atoms. The number of hydrogen-bond acceptors (Lipinski definition) is 4. The van der Waals surface area contributed by atoms with Gasteiger partial charge in [-0.3, -0.25) is 4.40 Å². The lowest BCUT2D eigenvalue weighted by atomic mass is 10.3. The molecule has 3 rings (SSSR count). The number of imidazole rings is 1. The summed E-state index contributed by atoms with van der Waals surface area (Å²) < 4.78 is 2.04. The lowest BCUT2D eigenvalue weighted by Gasteiger charge is -1.96. The predicted molar refractivity (Wildman–Crippen MR) is 70.3 cm³/mol. The molecule has 0 saturated carbocycles. The molecule has 0 aliphatic carbocycles. The number of hydrazone groups is 1. The van der Waals surface area contributed by atoms with Crippen LogP contribution in [-0.4, -0.2) is 15.6 Å². The van der Waals surface area contributed by atoms with E-state index in [1.54, 1.807) is 17.6 Å². The van der Waals surface area contributed by atoms with E-state index in [-0.39, 0.29) is 0 Å². The van der Waals surface area contributed by atoms with E-state index < -0.39 is 0 Å². The van der Waals surface area contributed by atoms with Crippen molar-refractivity contribution in [2.75, 3.05) is 0 Å². The maximum atomic E-state index is 5.20. The van der Waals surface area contributed by atoms with Gasteiger partial charge in [-0.1, -0.05) is 12.1 Å². The molecular formula is C12H10N4S. The van der Waals surface area contributed by atoms with Crippen LogP contribution in [0.15, 0.2) is 47.0 Å². The number of thiophene rings is 1. The number of rotatable bonds is 2. The molecular weight excluding hydrogens is 232 g/mol. The highest BCUT2D eigenvalue weighted by atomic mass is 32.1. The van der Waals surface area contributed by atoms with Crippen molar-refractivity contribution in [3.05, 3.63) is 47.6 Å². The summed E-state index contributed by atoms with van der Waals surface area (Å²) in [5.41, 5.74) is 1.79. The molecule has 5 heteroatoms. The minimum absolute atomic E-state index is 0.788. The SMILES string of the molecule is N/N=C/c1nc(-c2cccs2)n2ccccc12. The smallest absolute Gasteiger partial charge is 0.155 e. The summed E-state index contributed by atoms with van der Waals surface area (Å²) in [5.74, 6) is 6.12. The molecule has 4 nitrogen and oxygen atoms in total. The zero-order chi connectivity index (χ0) is 11.7. The molecule has 2 N–H and O–H groups in total. The highest BCUT2D eigenvalue weighted by Gasteiger charge is 2.11. The molecule has 0 aliphatic rings. The second kappa shape index (κ2) is 4.03. The van der Waals surface area contributed by atoms with Crippen LogP contribution in [-0.2, 0) is 0 Å². The highest BCUT2D eigenvalue weighted by Crippen LogP contribution is 2.25. The van der Waals surface area contributed by atoms with E-state index in [1.165, 1.54) is 0 Å². The molecule has 0 saturated heterocycles. The third kappa shape index (κ3) is 1.60. The second-order valence-electron chi connectivity index (χ2n) is 3.53. The fraction of sp³-hybridized carbons (Fsp3) is 0. The van der Waals surface area contributed by atoms with Crippen LogP contribution in [0.4, 0.5) is 0 Å². The maximum absolute atomic E-state index is 5.20. The monoisotopic (exact) mass is 242 g/mol. The van der Waals surface area contributed by atoms with Gasteiger partial charge in [-0.15, -0.1) is 11.3 Å². The van der Waals surface area contributed by atoms with Gasteiger partial charge in [-0.2, -0.15) is 5.10 Å². The third-order valence-corrected chi connectivity index (χ3v) is 3.38. The van der Waals surface area contributed by atoms with Crippen LogP contribution < -0.4 is 5.84 Å². The van der Waals surface area contributed by atoms with E-state index in [2.05, 4.69) is 16.2 Å². The molecule has 0 aliphatic heterocycles. The first-order valence-electron chi connectivity index (χ1n) is 5.14. The summed E-state index contributed by atoms with van der Waals surface area (Å²) in [6, 6.07) is 10.0. The maximum Gasteiger partial charge on any atom is 0.155 e. The van der Waals surface area contributed by atoms with Gasteiger partial charge in [-0.05, 0) is 23.6 Å².